The highest BCUT2D eigenvalue weighted by molar-refractivity contribution is 7.12. The fraction of sp³-hybridized carbons (Fsp3) is 0.312. The van der Waals surface area contributed by atoms with Gasteiger partial charge in [0.1, 0.15) is 5.82 Å². The standard InChI is InChI=1S/C16H14ClF2NOS/c1-9-7-14(19)22-15(9)16(21)20-6-2-3-13(20)11-8-10(18)4-5-12(11)17/h4-5,7-8,13H,2-3,6H2,1H3. The molecule has 2 nitrogen and oxygen atoms in total. The smallest absolute Gasteiger partial charge is 0.264 e. The van der Waals surface area contributed by atoms with Gasteiger partial charge in [0.25, 0.3) is 5.91 Å². The van der Waals surface area contributed by atoms with E-state index in [9.17, 15) is 13.6 Å². The third-order valence-corrected chi connectivity index (χ3v) is 5.27. The number of carbonyl (C=O) groups excluding carboxylic acids is 1. The lowest BCUT2D eigenvalue weighted by Crippen LogP contribution is -2.30. The quantitative estimate of drug-likeness (QED) is 0.755. The number of hydrogen-bond acceptors (Lipinski definition) is 2. The second kappa shape index (κ2) is 5.97. The van der Waals surface area contributed by atoms with Crippen LogP contribution >= 0.6 is 22.9 Å². The summed E-state index contributed by atoms with van der Waals surface area (Å²) in [6, 6.07) is 5.27. The van der Waals surface area contributed by atoms with Crippen molar-refractivity contribution in [3.63, 3.8) is 0 Å². The van der Waals surface area contributed by atoms with Gasteiger partial charge in [-0.05, 0) is 55.2 Å². The Morgan fingerprint density at radius 2 is 2.14 bits per heavy atom. The van der Waals surface area contributed by atoms with Gasteiger partial charge >= 0.3 is 0 Å². The van der Waals surface area contributed by atoms with E-state index in [1.54, 1.807) is 11.8 Å². The predicted molar refractivity (Wildman–Crippen MR) is 83.4 cm³/mol. The van der Waals surface area contributed by atoms with E-state index in [0.29, 0.717) is 27.6 Å². The van der Waals surface area contributed by atoms with Gasteiger partial charge in [-0.1, -0.05) is 11.6 Å². The predicted octanol–water partition coefficient (Wildman–Crippen LogP) is 4.97. The minimum atomic E-state index is -0.378. The van der Waals surface area contributed by atoms with Crippen LogP contribution in [-0.2, 0) is 0 Å². The van der Waals surface area contributed by atoms with Crippen molar-refractivity contribution in [1.29, 1.82) is 0 Å². The Morgan fingerprint density at radius 1 is 1.36 bits per heavy atom. The maximum atomic E-state index is 13.5. The number of thiophene rings is 1. The Hall–Kier alpha value is -1.46. The second-order valence-corrected chi connectivity index (χ2v) is 6.79. The van der Waals surface area contributed by atoms with Crippen LogP contribution in [0.15, 0.2) is 24.3 Å². The molecule has 1 saturated heterocycles. The minimum absolute atomic E-state index is 0.214. The number of hydrogen-bond donors (Lipinski definition) is 0. The molecule has 1 aromatic heterocycles. The van der Waals surface area contributed by atoms with Crippen molar-refractivity contribution in [3.8, 4) is 0 Å². The normalized spacial score (nSPS) is 18.0. The van der Waals surface area contributed by atoms with Gasteiger partial charge in [-0.25, -0.2) is 4.39 Å². The fourth-order valence-electron chi connectivity index (χ4n) is 2.89. The van der Waals surface area contributed by atoms with E-state index in [0.717, 1.165) is 24.2 Å². The van der Waals surface area contributed by atoms with Gasteiger partial charge in [0, 0.05) is 11.6 Å². The summed E-state index contributed by atoms with van der Waals surface area (Å²) in [5, 5.41) is 0.0700. The molecule has 2 heterocycles. The zero-order valence-electron chi connectivity index (χ0n) is 11.9. The average molecular weight is 342 g/mol. The third kappa shape index (κ3) is 2.75. The van der Waals surface area contributed by atoms with Gasteiger partial charge in [-0.15, -0.1) is 11.3 Å². The minimum Gasteiger partial charge on any atom is -0.331 e. The summed E-state index contributed by atoms with van der Waals surface area (Å²) in [4.78, 5) is 14.8. The summed E-state index contributed by atoms with van der Waals surface area (Å²) in [5.41, 5.74) is 1.24. The van der Waals surface area contributed by atoms with Gasteiger partial charge < -0.3 is 4.90 Å². The van der Waals surface area contributed by atoms with Crippen molar-refractivity contribution < 1.29 is 13.6 Å². The van der Waals surface area contributed by atoms with Crippen molar-refractivity contribution in [3.05, 3.63) is 56.2 Å². The molecule has 1 fully saturated rings. The number of benzene rings is 1. The molecule has 1 atom stereocenters. The largest absolute Gasteiger partial charge is 0.331 e. The van der Waals surface area contributed by atoms with Crippen molar-refractivity contribution in [1.82, 2.24) is 4.90 Å². The summed E-state index contributed by atoms with van der Waals surface area (Å²) < 4.78 is 26.9. The molecule has 116 valence electrons. The molecule has 0 bridgehead atoms. The van der Waals surface area contributed by atoms with Crippen molar-refractivity contribution in [2.75, 3.05) is 6.54 Å². The highest BCUT2D eigenvalue weighted by Crippen LogP contribution is 2.38. The van der Waals surface area contributed by atoms with E-state index in [1.807, 2.05) is 0 Å². The molecule has 0 N–H and O–H groups in total. The van der Waals surface area contributed by atoms with Gasteiger partial charge in [-0.2, -0.15) is 4.39 Å². The SMILES string of the molecule is Cc1cc(F)sc1C(=O)N1CCCC1c1cc(F)ccc1Cl. The summed E-state index contributed by atoms with van der Waals surface area (Å²) in [5.74, 6) is -0.591. The zero-order valence-corrected chi connectivity index (χ0v) is 13.5. The first-order valence-electron chi connectivity index (χ1n) is 6.99. The van der Waals surface area contributed by atoms with E-state index in [2.05, 4.69) is 0 Å². The van der Waals surface area contributed by atoms with E-state index >= 15 is 0 Å². The van der Waals surface area contributed by atoms with Crippen LogP contribution in [-0.4, -0.2) is 17.4 Å². The van der Waals surface area contributed by atoms with E-state index in [-0.39, 0.29) is 22.9 Å². The molecule has 6 heteroatoms. The number of rotatable bonds is 2. The molecular weight excluding hydrogens is 328 g/mol. The first-order valence-corrected chi connectivity index (χ1v) is 8.18. The third-order valence-electron chi connectivity index (χ3n) is 3.91. The Morgan fingerprint density at radius 3 is 2.82 bits per heavy atom. The van der Waals surface area contributed by atoms with Crippen LogP contribution < -0.4 is 0 Å². The van der Waals surface area contributed by atoms with Crippen molar-refractivity contribution in [2.24, 2.45) is 0 Å². The Labute approximate surface area is 136 Å². The van der Waals surface area contributed by atoms with Gasteiger partial charge in [0.05, 0.1) is 10.9 Å². The van der Waals surface area contributed by atoms with Crippen LogP contribution in [0.5, 0.6) is 0 Å². The van der Waals surface area contributed by atoms with E-state index in [4.69, 9.17) is 11.6 Å². The molecule has 0 aliphatic carbocycles. The van der Waals surface area contributed by atoms with Crippen LogP contribution in [0.1, 0.15) is 39.7 Å². The van der Waals surface area contributed by atoms with Crippen molar-refractivity contribution in [2.45, 2.75) is 25.8 Å². The lowest BCUT2D eigenvalue weighted by atomic mass is 10.0. The Balaban J connectivity index is 1.95. The molecule has 22 heavy (non-hydrogen) atoms. The lowest BCUT2D eigenvalue weighted by Gasteiger charge is -2.25. The summed E-state index contributed by atoms with van der Waals surface area (Å²) in [7, 11) is 0. The molecule has 1 amide bonds. The molecule has 1 aromatic carbocycles. The van der Waals surface area contributed by atoms with E-state index < -0.39 is 0 Å². The number of nitrogens with zero attached hydrogens (tertiary/aromatic N) is 1. The lowest BCUT2D eigenvalue weighted by molar-refractivity contribution is 0.0740. The molecule has 0 saturated carbocycles. The maximum Gasteiger partial charge on any atom is 0.264 e. The second-order valence-electron chi connectivity index (χ2n) is 5.39. The monoisotopic (exact) mass is 341 g/mol. The van der Waals surface area contributed by atoms with Crippen molar-refractivity contribution >= 4 is 28.8 Å². The van der Waals surface area contributed by atoms with Crippen LogP contribution in [0.25, 0.3) is 0 Å². The molecule has 0 radical (unpaired) electrons. The molecule has 1 aliphatic heterocycles. The number of aryl methyl sites for hydroxylation is 1. The van der Waals surface area contributed by atoms with Crippen LogP contribution in [0.4, 0.5) is 8.78 Å². The summed E-state index contributed by atoms with van der Waals surface area (Å²) in [6.07, 6.45) is 1.54. The highest BCUT2D eigenvalue weighted by atomic mass is 35.5. The fourth-order valence-corrected chi connectivity index (χ4v) is 3.99. The molecule has 3 rings (SSSR count). The first kappa shape index (κ1) is 15.4. The molecule has 1 aliphatic rings. The Kier molecular flexibility index (Phi) is 4.19. The van der Waals surface area contributed by atoms with Gasteiger partial charge in [0.2, 0.25) is 0 Å². The maximum absolute atomic E-state index is 13.5. The number of likely N-dealkylation sites (tertiary alicyclic amines) is 1. The van der Waals surface area contributed by atoms with E-state index in [1.165, 1.54) is 24.3 Å². The first-order chi connectivity index (χ1) is 10.5. The van der Waals surface area contributed by atoms with Crippen LogP contribution in [0.3, 0.4) is 0 Å². The number of halogens is 3. The summed E-state index contributed by atoms with van der Waals surface area (Å²) >= 11 is 7.01. The average Bonchev–Trinajstić information content (AvgIpc) is 3.07. The Bertz CT molecular complexity index is 731. The molecule has 0 spiro atoms. The summed E-state index contributed by atoms with van der Waals surface area (Å²) in [6.45, 7) is 2.28. The molecule has 1 unspecified atom stereocenters. The highest BCUT2D eigenvalue weighted by Gasteiger charge is 2.33. The topological polar surface area (TPSA) is 20.3 Å². The molecular formula is C16H14ClF2NOS. The van der Waals surface area contributed by atoms with Gasteiger partial charge in [0.15, 0.2) is 5.13 Å². The number of carbonyl (C=O) groups is 1. The van der Waals surface area contributed by atoms with Crippen LogP contribution in [0.2, 0.25) is 5.02 Å². The molecule has 2 aromatic rings. The zero-order chi connectivity index (χ0) is 15.9. The number of amides is 1. The van der Waals surface area contributed by atoms with Gasteiger partial charge in [-0.3, -0.25) is 4.79 Å². The van der Waals surface area contributed by atoms with Crippen LogP contribution in [0, 0.1) is 17.9 Å².